The van der Waals surface area contributed by atoms with Crippen molar-refractivity contribution >= 4 is 22.2 Å². The van der Waals surface area contributed by atoms with E-state index in [-0.39, 0.29) is 17.9 Å². The molecule has 29 heavy (non-hydrogen) atoms. The minimum atomic E-state index is -2.76. The van der Waals surface area contributed by atoms with E-state index in [4.69, 9.17) is 0 Å². The summed E-state index contributed by atoms with van der Waals surface area (Å²) in [5.41, 5.74) is 0.418. The molecule has 0 radical (unpaired) electrons. The largest absolute Gasteiger partial charge is 0.345 e. The Morgan fingerprint density at radius 1 is 1.21 bits per heavy atom. The minimum Gasteiger partial charge on any atom is -0.345 e. The van der Waals surface area contributed by atoms with Crippen molar-refractivity contribution in [1.82, 2.24) is 24.3 Å². The summed E-state index contributed by atoms with van der Waals surface area (Å²) in [5.74, 6) is -0.709. The molecule has 148 valence electrons. The van der Waals surface area contributed by atoms with Crippen LogP contribution in [0.4, 0.5) is 8.78 Å². The molecule has 0 aliphatic rings. The average Bonchev–Trinajstić information content (AvgIpc) is 3.34. The number of aromatic nitrogens is 4. The number of hydrogen-bond donors (Lipinski definition) is 1. The first-order valence-corrected chi connectivity index (χ1v) is 9.46. The summed E-state index contributed by atoms with van der Waals surface area (Å²) in [4.78, 5) is 34.5. The van der Waals surface area contributed by atoms with Crippen LogP contribution in [0, 0.1) is 0 Å². The fourth-order valence-electron chi connectivity index (χ4n) is 2.88. The van der Waals surface area contributed by atoms with Crippen LogP contribution in [0.2, 0.25) is 0 Å². The van der Waals surface area contributed by atoms with E-state index in [1.807, 2.05) is 30.3 Å². The summed E-state index contributed by atoms with van der Waals surface area (Å²) < 4.78 is 27.7. The van der Waals surface area contributed by atoms with Crippen molar-refractivity contribution in [3.05, 3.63) is 87.3 Å². The molecule has 1 aromatic carbocycles. The molecule has 10 heteroatoms. The molecule has 0 fully saturated rings. The molecule has 4 aromatic rings. The van der Waals surface area contributed by atoms with Crippen LogP contribution in [-0.4, -0.2) is 24.8 Å². The molecule has 0 saturated heterocycles. The van der Waals surface area contributed by atoms with Crippen molar-refractivity contribution in [2.45, 2.75) is 19.5 Å². The van der Waals surface area contributed by atoms with E-state index < -0.39 is 18.0 Å². The number of benzene rings is 1. The van der Waals surface area contributed by atoms with Gasteiger partial charge in [-0.05, 0) is 5.56 Å². The molecule has 0 atom stereocenters. The number of rotatable bonds is 6. The van der Waals surface area contributed by atoms with Crippen molar-refractivity contribution in [2.24, 2.45) is 0 Å². The van der Waals surface area contributed by atoms with E-state index >= 15 is 0 Å². The summed E-state index contributed by atoms with van der Waals surface area (Å²) in [6, 6.07) is 9.79. The van der Waals surface area contributed by atoms with Gasteiger partial charge in [-0.3, -0.25) is 18.6 Å². The minimum absolute atomic E-state index is 0.0110. The predicted octanol–water partition coefficient (Wildman–Crippen LogP) is 2.87. The molecule has 3 aromatic heterocycles. The number of alkyl halides is 2. The van der Waals surface area contributed by atoms with Crippen molar-refractivity contribution in [1.29, 1.82) is 0 Å². The average molecular weight is 415 g/mol. The standard InChI is InChI=1S/C19H15F2N5O2S/c20-18(21)25-7-6-22-15(25)10-23-16(27)14-9-24-19-26(17(14)28)11-13(29-19)8-12-4-2-1-3-5-12/h1-7,9,11,18H,8,10H2,(H,23,27). The normalized spacial score (nSPS) is 11.3. The third kappa shape index (κ3) is 3.92. The third-order valence-corrected chi connectivity index (χ3v) is 5.28. The number of nitrogens with one attached hydrogen (secondary N) is 1. The molecule has 0 bridgehead atoms. The number of thiazole rings is 1. The molecule has 1 amide bonds. The SMILES string of the molecule is O=C(NCc1nccn1C(F)F)c1cnc2sc(Cc3ccccc3)cn2c1=O. The van der Waals surface area contributed by atoms with Gasteiger partial charge in [0.15, 0.2) is 4.96 Å². The lowest BCUT2D eigenvalue weighted by atomic mass is 10.1. The highest BCUT2D eigenvalue weighted by Gasteiger charge is 2.17. The van der Waals surface area contributed by atoms with Crippen LogP contribution in [0.25, 0.3) is 4.96 Å². The molecule has 0 aliphatic heterocycles. The van der Waals surface area contributed by atoms with Crippen LogP contribution >= 0.6 is 11.3 Å². The van der Waals surface area contributed by atoms with Crippen molar-refractivity contribution in [3.8, 4) is 0 Å². The van der Waals surface area contributed by atoms with Gasteiger partial charge in [-0.15, -0.1) is 11.3 Å². The zero-order valence-electron chi connectivity index (χ0n) is 15.0. The van der Waals surface area contributed by atoms with Gasteiger partial charge in [0.25, 0.3) is 11.5 Å². The van der Waals surface area contributed by atoms with Crippen LogP contribution in [0.5, 0.6) is 0 Å². The highest BCUT2D eigenvalue weighted by atomic mass is 32.1. The van der Waals surface area contributed by atoms with Crippen LogP contribution in [-0.2, 0) is 13.0 Å². The molecular weight excluding hydrogens is 400 g/mol. The number of amides is 1. The van der Waals surface area contributed by atoms with Gasteiger partial charge in [-0.2, -0.15) is 8.78 Å². The number of fused-ring (bicyclic) bond motifs is 1. The second kappa shape index (κ2) is 7.92. The maximum Gasteiger partial charge on any atom is 0.319 e. The lowest BCUT2D eigenvalue weighted by molar-refractivity contribution is 0.0660. The van der Waals surface area contributed by atoms with E-state index in [1.54, 1.807) is 6.20 Å². The van der Waals surface area contributed by atoms with Crippen molar-refractivity contribution < 1.29 is 13.6 Å². The molecular formula is C19H15F2N5O2S. The van der Waals surface area contributed by atoms with Gasteiger partial charge < -0.3 is 5.32 Å². The Balaban J connectivity index is 1.54. The zero-order chi connectivity index (χ0) is 20.4. The Labute approximate surface area is 167 Å². The zero-order valence-corrected chi connectivity index (χ0v) is 15.8. The van der Waals surface area contributed by atoms with E-state index in [1.165, 1.54) is 28.1 Å². The summed E-state index contributed by atoms with van der Waals surface area (Å²) in [6.07, 6.45) is 5.86. The lowest BCUT2D eigenvalue weighted by Gasteiger charge is -2.07. The molecule has 0 saturated carbocycles. The highest BCUT2D eigenvalue weighted by molar-refractivity contribution is 7.17. The van der Waals surface area contributed by atoms with E-state index in [2.05, 4.69) is 15.3 Å². The van der Waals surface area contributed by atoms with E-state index in [0.29, 0.717) is 15.9 Å². The van der Waals surface area contributed by atoms with Crippen molar-refractivity contribution in [3.63, 3.8) is 0 Å². The van der Waals surface area contributed by atoms with Crippen molar-refractivity contribution in [2.75, 3.05) is 0 Å². The van der Waals surface area contributed by atoms with Gasteiger partial charge in [0.05, 0.1) is 6.54 Å². The summed E-state index contributed by atoms with van der Waals surface area (Å²) in [5, 5.41) is 2.44. The Hall–Kier alpha value is -3.40. The van der Waals surface area contributed by atoms with E-state index in [0.717, 1.165) is 16.6 Å². The Bertz CT molecular complexity index is 1220. The van der Waals surface area contributed by atoms with E-state index in [9.17, 15) is 18.4 Å². The Kier molecular flexibility index (Phi) is 5.17. The molecule has 0 unspecified atom stereocenters. The summed E-state index contributed by atoms with van der Waals surface area (Å²) in [7, 11) is 0. The molecule has 7 nitrogen and oxygen atoms in total. The summed E-state index contributed by atoms with van der Waals surface area (Å²) in [6.45, 7) is -3.00. The number of hydrogen-bond acceptors (Lipinski definition) is 5. The molecule has 4 rings (SSSR count). The smallest absolute Gasteiger partial charge is 0.319 e. The number of halogens is 2. The van der Waals surface area contributed by atoms with Crippen LogP contribution < -0.4 is 10.9 Å². The molecule has 0 aliphatic carbocycles. The quantitative estimate of drug-likeness (QED) is 0.525. The van der Waals surface area contributed by atoms with Crippen LogP contribution in [0.1, 0.15) is 33.2 Å². The third-order valence-electron chi connectivity index (χ3n) is 4.29. The first-order chi connectivity index (χ1) is 14.0. The number of carbonyl (C=O) groups excluding carboxylic acids is 1. The molecule has 0 spiro atoms. The number of carbonyl (C=O) groups is 1. The Morgan fingerprint density at radius 3 is 2.76 bits per heavy atom. The van der Waals surface area contributed by atoms with Gasteiger partial charge in [-0.25, -0.2) is 9.97 Å². The van der Waals surface area contributed by atoms with Gasteiger partial charge in [-0.1, -0.05) is 30.3 Å². The highest BCUT2D eigenvalue weighted by Crippen LogP contribution is 2.18. The number of nitrogens with zero attached hydrogens (tertiary/aromatic N) is 4. The van der Waals surface area contributed by atoms with Gasteiger partial charge in [0, 0.05) is 36.1 Å². The summed E-state index contributed by atoms with van der Waals surface area (Å²) >= 11 is 1.37. The van der Waals surface area contributed by atoms with Gasteiger partial charge in [0.2, 0.25) is 0 Å². The maximum absolute atomic E-state index is 12.9. The van der Waals surface area contributed by atoms with Gasteiger partial charge in [0.1, 0.15) is 11.4 Å². The number of imidazole rings is 1. The second-order valence-electron chi connectivity index (χ2n) is 6.20. The van der Waals surface area contributed by atoms with Gasteiger partial charge >= 0.3 is 6.55 Å². The Morgan fingerprint density at radius 2 is 2.00 bits per heavy atom. The lowest BCUT2D eigenvalue weighted by Crippen LogP contribution is -2.31. The fraction of sp³-hybridized carbons (Fsp3) is 0.158. The van der Waals surface area contributed by atoms with Crippen LogP contribution in [0.15, 0.2) is 59.9 Å². The topological polar surface area (TPSA) is 81.3 Å². The van der Waals surface area contributed by atoms with Crippen LogP contribution in [0.3, 0.4) is 0 Å². The molecule has 3 heterocycles. The molecule has 1 N–H and O–H groups in total. The first-order valence-electron chi connectivity index (χ1n) is 8.65. The second-order valence-corrected chi connectivity index (χ2v) is 7.29. The fourth-order valence-corrected chi connectivity index (χ4v) is 3.85. The maximum atomic E-state index is 12.9. The first kappa shape index (κ1) is 18.9. The predicted molar refractivity (Wildman–Crippen MR) is 103 cm³/mol. The monoisotopic (exact) mass is 415 g/mol.